The highest BCUT2D eigenvalue weighted by atomic mass is 32.2. The van der Waals surface area contributed by atoms with Crippen molar-refractivity contribution in [3.63, 3.8) is 0 Å². The lowest BCUT2D eigenvalue weighted by Gasteiger charge is -2.12. The van der Waals surface area contributed by atoms with Gasteiger partial charge in [0.15, 0.2) is 5.96 Å². The van der Waals surface area contributed by atoms with E-state index in [0.29, 0.717) is 19.0 Å². The molecule has 0 saturated carbocycles. The van der Waals surface area contributed by atoms with Crippen molar-refractivity contribution in [1.29, 1.82) is 0 Å². The molecule has 1 aliphatic rings. The Bertz CT molecular complexity index is 606. The van der Waals surface area contributed by atoms with Crippen LogP contribution in [0.3, 0.4) is 0 Å². The molecule has 1 unspecified atom stereocenters. The fourth-order valence-electron chi connectivity index (χ4n) is 2.20. The molecule has 2 rings (SSSR count). The van der Waals surface area contributed by atoms with E-state index >= 15 is 0 Å². The Labute approximate surface area is 131 Å². The number of sulfonamides is 1. The van der Waals surface area contributed by atoms with E-state index in [1.807, 2.05) is 25.1 Å². The molecule has 1 aromatic carbocycles. The second-order valence-corrected chi connectivity index (χ2v) is 6.80. The highest BCUT2D eigenvalue weighted by Gasteiger charge is 2.21. The van der Waals surface area contributed by atoms with Crippen molar-refractivity contribution >= 4 is 16.0 Å². The van der Waals surface area contributed by atoms with Crippen LogP contribution < -0.4 is 20.5 Å². The van der Waals surface area contributed by atoms with Crippen LogP contribution in [0.4, 0.5) is 0 Å². The molecule has 8 heteroatoms. The van der Waals surface area contributed by atoms with Gasteiger partial charge in [-0.2, -0.15) is 0 Å². The van der Waals surface area contributed by atoms with Crippen LogP contribution in [0.15, 0.2) is 29.3 Å². The Hall–Kier alpha value is -1.80. The summed E-state index contributed by atoms with van der Waals surface area (Å²) in [4.78, 5) is 4.43. The SMILES string of the molecule is CCNC(=NCC1Cc2ccccc2O1)NCCS(N)(=O)=O. The summed E-state index contributed by atoms with van der Waals surface area (Å²) >= 11 is 0. The van der Waals surface area contributed by atoms with E-state index in [-0.39, 0.29) is 18.4 Å². The van der Waals surface area contributed by atoms with Gasteiger partial charge in [-0.25, -0.2) is 18.5 Å². The molecule has 1 atom stereocenters. The number of nitrogens with two attached hydrogens (primary N) is 1. The Balaban J connectivity index is 1.86. The highest BCUT2D eigenvalue weighted by molar-refractivity contribution is 7.89. The first-order valence-corrected chi connectivity index (χ1v) is 8.96. The van der Waals surface area contributed by atoms with Crippen molar-refractivity contribution in [3.8, 4) is 5.75 Å². The summed E-state index contributed by atoms with van der Waals surface area (Å²) in [5.41, 5.74) is 1.19. The fourth-order valence-corrected chi connectivity index (χ4v) is 2.59. The Kier molecular flexibility index (Phi) is 5.62. The fraction of sp³-hybridized carbons (Fsp3) is 0.500. The smallest absolute Gasteiger partial charge is 0.210 e. The van der Waals surface area contributed by atoms with Crippen LogP contribution in [0.2, 0.25) is 0 Å². The average molecular weight is 326 g/mol. The topological polar surface area (TPSA) is 106 Å². The van der Waals surface area contributed by atoms with Crippen molar-refractivity contribution in [2.24, 2.45) is 10.1 Å². The summed E-state index contributed by atoms with van der Waals surface area (Å²) in [6.07, 6.45) is 0.835. The molecule has 1 heterocycles. The molecule has 0 fully saturated rings. The molecule has 4 N–H and O–H groups in total. The van der Waals surface area contributed by atoms with Gasteiger partial charge in [-0.05, 0) is 18.6 Å². The monoisotopic (exact) mass is 326 g/mol. The molecule has 0 saturated heterocycles. The third-order valence-corrected chi connectivity index (χ3v) is 3.96. The molecule has 0 radical (unpaired) electrons. The summed E-state index contributed by atoms with van der Waals surface area (Å²) in [6, 6.07) is 7.94. The summed E-state index contributed by atoms with van der Waals surface area (Å²) in [6.45, 7) is 3.35. The number of ether oxygens (including phenoxy) is 1. The minimum absolute atomic E-state index is 0.00565. The number of guanidine groups is 1. The second-order valence-electron chi connectivity index (χ2n) is 5.07. The lowest BCUT2D eigenvalue weighted by Crippen LogP contribution is -2.41. The molecule has 122 valence electrons. The molecular weight excluding hydrogens is 304 g/mol. The zero-order valence-electron chi connectivity index (χ0n) is 12.6. The molecule has 0 spiro atoms. The molecule has 1 aromatic rings. The van der Waals surface area contributed by atoms with Crippen LogP contribution in [-0.4, -0.2) is 45.9 Å². The first-order chi connectivity index (χ1) is 10.5. The molecule has 0 aliphatic carbocycles. The van der Waals surface area contributed by atoms with Crippen molar-refractivity contribution in [2.45, 2.75) is 19.4 Å². The average Bonchev–Trinajstić information content (AvgIpc) is 2.86. The number of para-hydroxylation sites is 1. The second kappa shape index (κ2) is 7.46. The van der Waals surface area contributed by atoms with Gasteiger partial charge in [-0.3, -0.25) is 0 Å². The van der Waals surface area contributed by atoms with Crippen LogP contribution in [0.1, 0.15) is 12.5 Å². The zero-order chi connectivity index (χ0) is 16.0. The van der Waals surface area contributed by atoms with Crippen molar-refractivity contribution in [3.05, 3.63) is 29.8 Å². The number of nitrogens with zero attached hydrogens (tertiary/aromatic N) is 1. The third kappa shape index (κ3) is 5.19. The van der Waals surface area contributed by atoms with E-state index in [2.05, 4.69) is 21.7 Å². The normalized spacial score (nSPS) is 17.7. The summed E-state index contributed by atoms with van der Waals surface area (Å²) in [7, 11) is -3.47. The molecule has 0 amide bonds. The maximum atomic E-state index is 10.9. The van der Waals surface area contributed by atoms with Gasteiger partial charge in [0.05, 0.1) is 12.3 Å². The number of primary sulfonamides is 1. The van der Waals surface area contributed by atoms with Crippen LogP contribution in [0, 0.1) is 0 Å². The molecule has 22 heavy (non-hydrogen) atoms. The van der Waals surface area contributed by atoms with E-state index in [0.717, 1.165) is 12.2 Å². The van der Waals surface area contributed by atoms with Gasteiger partial charge in [-0.1, -0.05) is 18.2 Å². The highest BCUT2D eigenvalue weighted by Crippen LogP contribution is 2.28. The van der Waals surface area contributed by atoms with Gasteiger partial charge in [0, 0.05) is 19.5 Å². The van der Waals surface area contributed by atoms with E-state index in [9.17, 15) is 8.42 Å². The Morgan fingerprint density at radius 3 is 2.86 bits per heavy atom. The lowest BCUT2D eigenvalue weighted by atomic mass is 10.1. The Morgan fingerprint density at radius 1 is 1.41 bits per heavy atom. The summed E-state index contributed by atoms with van der Waals surface area (Å²) < 4.78 is 27.7. The van der Waals surface area contributed by atoms with Crippen LogP contribution in [0.5, 0.6) is 5.75 Å². The summed E-state index contributed by atoms with van der Waals surface area (Å²) in [5.74, 6) is 1.34. The molecule has 0 bridgehead atoms. The van der Waals surface area contributed by atoms with Crippen LogP contribution in [0.25, 0.3) is 0 Å². The van der Waals surface area contributed by atoms with E-state index in [1.54, 1.807) is 0 Å². The van der Waals surface area contributed by atoms with Gasteiger partial charge < -0.3 is 15.4 Å². The van der Waals surface area contributed by atoms with E-state index in [1.165, 1.54) is 5.56 Å². The van der Waals surface area contributed by atoms with Crippen molar-refractivity contribution in [2.75, 3.05) is 25.4 Å². The van der Waals surface area contributed by atoms with E-state index < -0.39 is 10.0 Å². The number of fused-ring (bicyclic) bond motifs is 1. The third-order valence-electron chi connectivity index (χ3n) is 3.19. The predicted octanol–water partition coefficient (Wildman–Crippen LogP) is -0.166. The minimum Gasteiger partial charge on any atom is -0.488 e. The molecule has 0 aromatic heterocycles. The largest absolute Gasteiger partial charge is 0.488 e. The number of hydrogen-bond acceptors (Lipinski definition) is 4. The number of hydrogen-bond donors (Lipinski definition) is 3. The zero-order valence-corrected chi connectivity index (χ0v) is 13.4. The number of benzene rings is 1. The van der Waals surface area contributed by atoms with Crippen LogP contribution in [-0.2, 0) is 16.4 Å². The molecule has 1 aliphatic heterocycles. The van der Waals surface area contributed by atoms with Crippen molar-refractivity contribution in [1.82, 2.24) is 10.6 Å². The first-order valence-electron chi connectivity index (χ1n) is 7.25. The van der Waals surface area contributed by atoms with Gasteiger partial charge >= 0.3 is 0 Å². The van der Waals surface area contributed by atoms with Crippen LogP contribution >= 0.6 is 0 Å². The number of aliphatic imine (C=N–C) groups is 1. The standard InChI is InChI=1S/C14H22N4O3S/c1-2-16-14(17-7-8-22(15,19)20)18-10-12-9-11-5-3-4-6-13(11)21-12/h3-6,12H,2,7-10H2,1H3,(H2,15,19,20)(H2,16,17,18). The maximum Gasteiger partial charge on any atom is 0.210 e. The molecule has 7 nitrogen and oxygen atoms in total. The first kappa shape index (κ1) is 16.6. The minimum atomic E-state index is -3.47. The van der Waals surface area contributed by atoms with Gasteiger partial charge in [0.2, 0.25) is 10.0 Å². The van der Waals surface area contributed by atoms with Gasteiger partial charge in [-0.15, -0.1) is 0 Å². The number of nitrogens with one attached hydrogen (secondary N) is 2. The van der Waals surface area contributed by atoms with Gasteiger partial charge in [0.1, 0.15) is 11.9 Å². The van der Waals surface area contributed by atoms with Gasteiger partial charge in [0.25, 0.3) is 0 Å². The maximum absolute atomic E-state index is 10.9. The number of rotatable bonds is 6. The lowest BCUT2D eigenvalue weighted by molar-refractivity contribution is 0.241. The molecular formula is C14H22N4O3S. The Morgan fingerprint density at radius 2 is 2.18 bits per heavy atom. The summed E-state index contributed by atoms with van der Waals surface area (Å²) in [5, 5.41) is 11.0. The van der Waals surface area contributed by atoms with Crippen molar-refractivity contribution < 1.29 is 13.2 Å². The predicted molar refractivity (Wildman–Crippen MR) is 86.5 cm³/mol. The van der Waals surface area contributed by atoms with E-state index in [4.69, 9.17) is 9.88 Å². The quantitative estimate of drug-likeness (QED) is 0.497.